The van der Waals surface area contributed by atoms with Crippen molar-refractivity contribution in [2.75, 3.05) is 0 Å². The van der Waals surface area contributed by atoms with E-state index in [1.807, 2.05) is 11.3 Å². The van der Waals surface area contributed by atoms with E-state index >= 15 is 0 Å². The summed E-state index contributed by atoms with van der Waals surface area (Å²) in [6, 6.07) is 49.3. The number of benzene rings is 6. The Morgan fingerprint density at radius 3 is 1.73 bits per heavy atom. The largest absolute Gasteiger partial charge is 0.282 e. The van der Waals surface area contributed by atoms with E-state index in [1.165, 1.54) is 64.7 Å². The van der Waals surface area contributed by atoms with Crippen LogP contribution in [0, 0.1) is 0 Å². The summed E-state index contributed by atoms with van der Waals surface area (Å²) in [5, 5.41) is 14.1. The highest BCUT2D eigenvalue weighted by Gasteiger charge is 2.18. The Morgan fingerprint density at radius 1 is 0.481 bits per heavy atom. The first-order valence-corrected chi connectivity index (χ1v) is 18.9. The highest BCUT2D eigenvalue weighted by molar-refractivity contribution is 7.26. The van der Waals surface area contributed by atoms with Crippen molar-refractivity contribution in [2.24, 2.45) is 0 Å². The van der Waals surface area contributed by atoms with E-state index in [4.69, 9.17) is 0 Å². The zero-order valence-electron chi connectivity index (χ0n) is 30.5. The molecule has 3 nitrogen and oxygen atoms in total. The lowest BCUT2D eigenvalue weighted by Gasteiger charge is -2.19. The first-order chi connectivity index (χ1) is 25.0. The lowest BCUT2D eigenvalue weighted by atomic mass is 9.86. The van der Waals surface area contributed by atoms with Crippen molar-refractivity contribution >= 4 is 47.9 Å². The molecule has 52 heavy (non-hydrogen) atoms. The van der Waals surface area contributed by atoms with Crippen LogP contribution in [0.15, 0.2) is 140 Å². The summed E-state index contributed by atoms with van der Waals surface area (Å²) in [6.07, 6.45) is 2.07. The van der Waals surface area contributed by atoms with E-state index in [0.717, 1.165) is 27.8 Å². The second kappa shape index (κ2) is 12.0. The van der Waals surface area contributed by atoms with Crippen molar-refractivity contribution in [1.82, 2.24) is 14.6 Å². The minimum absolute atomic E-state index is 0.100. The number of rotatable bonds is 4. The zero-order valence-corrected chi connectivity index (χ0v) is 31.3. The molecule has 0 amide bonds. The minimum atomic E-state index is 0.100. The molecule has 0 aliphatic heterocycles. The number of hydrogen-bond donors (Lipinski definition) is 0. The van der Waals surface area contributed by atoms with E-state index in [2.05, 4.69) is 196 Å². The van der Waals surface area contributed by atoms with Gasteiger partial charge in [-0.25, -0.2) is 0 Å². The van der Waals surface area contributed by atoms with Crippen molar-refractivity contribution in [1.29, 1.82) is 0 Å². The van der Waals surface area contributed by atoms with Crippen molar-refractivity contribution in [3.63, 3.8) is 0 Å². The van der Waals surface area contributed by atoms with Gasteiger partial charge in [0.25, 0.3) is 0 Å². The predicted molar refractivity (Wildman–Crippen MR) is 223 cm³/mol. The fourth-order valence-electron chi connectivity index (χ4n) is 7.38. The number of pyridine rings is 1. The molecule has 0 bridgehead atoms. The van der Waals surface area contributed by atoms with Gasteiger partial charge in [0.05, 0.1) is 0 Å². The van der Waals surface area contributed by atoms with Crippen molar-refractivity contribution in [3.8, 4) is 44.8 Å². The van der Waals surface area contributed by atoms with E-state index in [1.54, 1.807) is 0 Å². The Labute approximate surface area is 309 Å². The summed E-state index contributed by atoms with van der Waals surface area (Å²) >= 11 is 1.88. The lowest BCUT2D eigenvalue weighted by molar-refractivity contribution is 0.590. The van der Waals surface area contributed by atoms with E-state index in [-0.39, 0.29) is 10.8 Å². The quantitative estimate of drug-likeness (QED) is 0.184. The van der Waals surface area contributed by atoms with Gasteiger partial charge in [0.2, 0.25) is 0 Å². The Morgan fingerprint density at radius 2 is 1.06 bits per heavy atom. The Bertz CT molecular complexity index is 2770. The summed E-state index contributed by atoms with van der Waals surface area (Å²) in [5.41, 5.74) is 12.2. The molecule has 6 aromatic carbocycles. The second-order valence-corrected chi connectivity index (χ2v) is 17.1. The molecule has 0 spiro atoms. The maximum absolute atomic E-state index is 4.64. The van der Waals surface area contributed by atoms with Gasteiger partial charge in [-0.2, -0.15) is 0 Å². The molecule has 0 aliphatic carbocycles. The summed E-state index contributed by atoms with van der Waals surface area (Å²) in [7, 11) is 0. The van der Waals surface area contributed by atoms with Crippen molar-refractivity contribution < 1.29 is 0 Å². The summed E-state index contributed by atoms with van der Waals surface area (Å²) in [5.74, 6) is 0.843. The third kappa shape index (κ3) is 5.59. The maximum atomic E-state index is 4.64. The molecule has 9 aromatic rings. The average Bonchev–Trinajstić information content (AvgIpc) is 3.76. The van der Waals surface area contributed by atoms with Crippen LogP contribution in [0.5, 0.6) is 0 Å². The Hall–Kier alpha value is -5.58. The normalized spacial score (nSPS) is 12.4. The summed E-state index contributed by atoms with van der Waals surface area (Å²) < 4.78 is 4.69. The SMILES string of the molecule is CC(C)(C)c1ccc(-c2ccc3sc4c(-c5ccc(-c6nnc7c8ccccc8ccn67)cc5)cc(-c5ccc(C(C)(C)C)cc5)cc4c3c2)cc1. The van der Waals surface area contributed by atoms with E-state index < -0.39 is 0 Å². The molecule has 4 heteroatoms. The molecule has 0 aliphatic rings. The van der Waals surface area contributed by atoms with Gasteiger partial charge in [-0.05, 0) is 85.5 Å². The monoisotopic (exact) mass is 691 g/mol. The molecule has 0 saturated carbocycles. The van der Waals surface area contributed by atoms with Gasteiger partial charge >= 0.3 is 0 Å². The lowest BCUT2D eigenvalue weighted by Crippen LogP contribution is -2.10. The van der Waals surface area contributed by atoms with Crippen LogP contribution in [0.25, 0.3) is 81.4 Å². The standard InChI is InChI=1S/C48H41N3S/c1-47(2,3)37-20-15-30(16-21-37)35-19-24-43-41(27-35)42-29-36(31-17-22-38(23-18-31)48(4,5)6)28-40(44(42)52-43)33-11-13-34(14-12-33)45-49-50-46-39-10-8-7-9-32(39)25-26-51(45)46/h7-29H,1-6H3. The predicted octanol–water partition coefficient (Wildman–Crippen LogP) is 13.5. The van der Waals surface area contributed by atoms with Crippen LogP contribution in [0.4, 0.5) is 0 Å². The smallest absolute Gasteiger partial charge is 0.168 e. The van der Waals surface area contributed by atoms with Crippen LogP contribution < -0.4 is 0 Å². The number of hydrogen-bond acceptors (Lipinski definition) is 3. The highest BCUT2D eigenvalue weighted by atomic mass is 32.1. The maximum Gasteiger partial charge on any atom is 0.168 e. The molecule has 0 saturated heterocycles. The third-order valence-electron chi connectivity index (χ3n) is 10.5. The molecule has 3 heterocycles. The molecular weight excluding hydrogens is 651 g/mol. The first-order valence-electron chi connectivity index (χ1n) is 18.1. The Balaban J connectivity index is 1.18. The van der Waals surface area contributed by atoms with Gasteiger partial charge in [0.1, 0.15) is 0 Å². The van der Waals surface area contributed by atoms with E-state index in [0.29, 0.717) is 0 Å². The van der Waals surface area contributed by atoms with Gasteiger partial charge in [0, 0.05) is 42.9 Å². The molecular formula is C48H41N3S. The molecule has 0 N–H and O–H groups in total. The van der Waals surface area contributed by atoms with Crippen LogP contribution in [0.3, 0.4) is 0 Å². The summed E-state index contributed by atoms with van der Waals surface area (Å²) in [4.78, 5) is 0. The van der Waals surface area contributed by atoms with Crippen LogP contribution >= 0.6 is 11.3 Å². The molecule has 0 fully saturated rings. The van der Waals surface area contributed by atoms with Gasteiger partial charge in [0.15, 0.2) is 11.5 Å². The molecule has 0 radical (unpaired) electrons. The van der Waals surface area contributed by atoms with Crippen LogP contribution in [-0.4, -0.2) is 14.6 Å². The topological polar surface area (TPSA) is 30.2 Å². The van der Waals surface area contributed by atoms with Crippen LogP contribution in [0.1, 0.15) is 52.7 Å². The molecule has 9 rings (SSSR count). The molecule has 254 valence electrons. The number of aromatic nitrogens is 3. The fourth-order valence-corrected chi connectivity index (χ4v) is 8.58. The van der Waals surface area contributed by atoms with Crippen molar-refractivity contribution in [2.45, 2.75) is 52.4 Å². The Kier molecular flexibility index (Phi) is 7.46. The van der Waals surface area contributed by atoms with Crippen LogP contribution in [0.2, 0.25) is 0 Å². The second-order valence-electron chi connectivity index (χ2n) is 16.1. The number of fused-ring (bicyclic) bond motifs is 6. The number of nitrogens with zero attached hydrogens (tertiary/aromatic N) is 3. The molecule has 0 unspecified atom stereocenters. The summed E-state index contributed by atoms with van der Waals surface area (Å²) in [6.45, 7) is 13.6. The van der Waals surface area contributed by atoms with Crippen LogP contribution in [-0.2, 0) is 10.8 Å². The van der Waals surface area contributed by atoms with Gasteiger partial charge in [-0.1, -0.05) is 145 Å². The fraction of sp³-hybridized carbons (Fsp3) is 0.167. The van der Waals surface area contributed by atoms with E-state index in [9.17, 15) is 0 Å². The van der Waals surface area contributed by atoms with Gasteiger partial charge in [-0.3, -0.25) is 4.40 Å². The minimum Gasteiger partial charge on any atom is -0.282 e. The average molecular weight is 692 g/mol. The third-order valence-corrected chi connectivity index (χ3v) is 11.7. The highest BCUT2D eigenvalue weighted by Crippen LogP contribution is 2.44. The zero-order chi connectivity index (χ0) is 35.8. The van der Waals surface area contributed by atoms with Gasteiger partial charge in [-0.15, -0.1) is 21.5 Å². The number of thiophene rings is 1. The van der Waals surface area contributed by atoms with Crippen molar-refractivity contribution in [3.05, 3.63) is 151 Å². The molecule has 0 atom stereocenters. The molecule has 3 aromatic heterocycles. The van der Waals surface area contributed by atoms with Gasteiger partial charge < -0.3 is 0 Å². The first kappa shape index (κ1) is 32.3.